The summed E-state index contributed by atoms with van der Waals surface area (Å²) >= 11 is 4.40. The smallest absolute Gasteiger partial charge is 0.449 e. The summed E-state index contributed by atoms with van der Waals surface area (Å²) in [7, 11) is 0. The van der Waals surface area contributed by atoms with Gasteiger partial charge in [-0.2, -0.15) is 0 Å². The largest absolute Gasteiger partial charge is 1.00 e. The molecule has 0 N–H and O–H groups in total. The van der Waals surface area contributed by atoms with E-state index in [1.165, 1.54) is 11.1 Å². The number of halogens is 3. The summed E-state index contributed by atoms with van der Waals surface area (Å²) in [5.41, 5.74) is 6.19. The van der Waals surface area contributed by atoms with Crippen LogP contribution >= 0.6 is 12.6 Å². The Morgan fingerprint density at radius 3 is 2.11 bits per heavy atom. The molecule has 0 spiro atoms. The molecule has 0 radical (unpaired) electrons. The van der Waals surface area contributed by atoms with Crippen molar-refractivity contribution in [3.63, 3.8) is 0 Å². The molecule has 1 amide bonds. The first-order chi connectivity index (χ1) is 17.2. The molecule has 37 heavy (non-hydrogen) atoms. The second-order valence-electron chi connectivity index (χ2n) is 9.44. The third-order valence-corrected chi connectivity index (χ3v) is 7.63. The Labute approximate surface area is 263 Å². The Morgan fingerprint density at radius 1 is 0.973 bits per heavy atom. The first-order valence-corrected chi connectivity index (χ1v) is 12.5. The summed E-state index contributed by atoms with van der Waals surface area (Å²) in [5.74, 6) is -0.00217. The van der Waals surface area contributed by atoms with Crippen molar-refractivity contribution in [2.24, 2.45) is 0 Å². The summed E-state index contributed by atoms with van der Waals surface area (Å²) in [6, 6.07) is 19.8. The van der Waals surface area contributed by atoms with E-state index >= 15 is 0 Å². The minimum atomic E-state index is -4.94. The van der Waals surface area contributed by atoms with Crippen molar-refractivity contribution in [1.29, 1.82) is 0 Å². The third kappa shape index (κ3) is 6.26. The molecule has 10 heteroatoms. The zero-order valence-corrected chi connectivity index (χ0v) is 25.0. The van der Waals surface area contributed by atoms with E-state index in [0.29, 0.717) is 42.3 Å². The second kappa shape index (κ2) is 11.8. The molecule has 0 unspecified atom stereocenters. The van der Waals surface area contributed by atoms with E-state index in [-0.39, 0.29) is 75.6 Å². The Bertz CT molecular complexity index is 1250. The van der Waals surface area contributed by atoms with Gasteiger partial charge in [0.25, 0.3) is 0 Å². The summed E-state index contributed by atoms with van der Waals surface area (Å²) in [6.45, 7) is -1.12. The number of fused-ring (bicyclic) bond motifs is 3. The minimum Gasteiger partial charge on any atom is -0.449 e. The van der Waals surface area contributed by atoms with Crippen molar-refractivity contribution in [3.8, 4) is 11.1 Å². The van der Waals surface area contributed by atoms with Gasteiger partial charge in [0.1, 0.15) is 6.61 Å². The molecular formula is C27H27BF3KN2O2S. The van der Waals surface area contributed by atoms with Gasteiger partial charge in [-0.3, -0.25) is 0 Å². The van der Waals surface area contributed by atoms with Crippen LogP contribution < -0.4 is 56.3 Å². The van der Waals surface area contributed by atoms with Crippen LogP contribution in [-0.4, -0.2) is 50.8 Å². The Kier molecular flexibility index (Phi) is 9.08. The van der Waals surface area contributed by atoms with E-state index < -0.39 is 13.3 Å². The fourth-order valence-corrected chi connectivity index (χ4v) is 5.49. The fraction of sp³-hybridized carbons (Fsp3) is 0.296. The number of benzene rings is 3. The van der Waals surface area contributed by atoms with Gasteiger partial charge in [0.15, 0.2) is 0 Å². The van der Waals surface area contributed by atoms with E-state index in [9.17, 15) is 17.7 Å². The Hall–Kier alpha value is -1.43. The number of hydrogen-bond donors (Lipinski definition) is 1. The fourth-order valence-electron chi connectivity index (χ4n) is 5.22. The molecule has 0 atom stereocenters. The molecular weight excluding hydrogens is 523 g/mol. The van der Waals surface area contributed by atoms with E-state index in [2.05, 4.69) is 36.9 Å². The standard InChI is InChI=1S/C27H27BF3N2O2S.K/c1-18-19(16-28(29,30)31)14-20(15-26(18)36)32-10-12-33(13-11-32)27(34)35-17-25-23-8-4-2-6-21(23)22-7-3-5-9-24(22)25;/h2-9,14-15,25,36H,10-13,16-17H2,1H3;/q-1;+1. The number of ether oxygens (including phenoxy) is 1. The van der Waals surface area contributed by atoms with E-state index in [4.69, 9.17) is 4.74 Å². The molecule has 3 aromatic rings. The summed E-state index contributed by atoms with van der Waals surface area (Å²) in [5, 5.41) is 0. The summed E-state index contributed by atoms with van der Waals surface area (Å²) in [6.07, 6.45) is -1.29. The van der Waals surface area contributed by atoms with Gasteiger partial charge in [-0.1, -0.05) is 60.4 Å². The van der Waals surface area contributed by atoms with Crippen molar-refractivity contribution < 1.29 is 73.9 Å². The van der Waals surface area contributed by atoms with Gasteiger partial charge >= 0.3 is 64.5 Å². The van der Waals surface area contributed by atoms with E-state index in [0.717, 1.165) is 11.1 Å². The number of hydrogen-bond acceptors (Lipinski definition) is 4. The van der Waals surface area contributed by atoms with Crippen LogP contribution in [0, 0.1) is 6.92 Å². The molecule has 1 aliphatic carbocycles. The molecule has 5 rings (SSSR count). The van der Waals surface area contributed by atoms with Gasteiger partial charge in [-0.25, -0.2) is 4.79 Å². The number of anilines is 1. The average molecular weight is 550 g/mol. The van der Waals surface area contributed by atoms with Crippen molar-refractivity contribution in [3.05, 3.63) is 82.9 Å². The van der Waals surface area contributed by atoms with Crippen molar-refractivity contribution in [2.45, 2.75) is 24.1 Å². The SMILES string of the molecule is Cc1c(S)cc(N2CCN(C(=O)OCC3c4ccccc4-c4ccccc43)CC2)cc1C[B-](F)(F)F.[K+]. The second-order valence-corrected chi connectivity index (χ2v) is 9.92. The molecule has 1 heterocycles. The van der Waals surface area contributed by atoms with Gasteiger partial charge < -0.3 is 27.5 Å². The first kappa shape index (κ1) is 28.6. The van der Waals surface area contributed by atoms with Crippen LogP contribution in [0.1, 0.15) is 28.2 Å². The monoisotopic (exact) mass is 550 g/mol. The molecule has 2 aliphatic rings. The quantitative estimate of drug-likeness (QED) is 0.391. The maximum atomic E-state index is 13.1. The maximum absolute atomic E-state index is 13.1. The molecule has 1 saturated heterocycles. The number of carbonyl (C=O) groups excluding carboxylic acids is 1. The van der Waals surface area contributed by atoms with Crippen molar-refractivity contribution in [2.75, 3.05) is 37.7 Å². The molecule has 1 aliphatic heterocycles. The average Bonchev–Trinajstić information content (AvgIpc) is 3.18. The molecule has 3 aromatic carbocycles. The summed E-state index contributed by atoms with van der Waals surface area (Å²) < 4.78 is 45.0. The molecule has 4 nitrogen and oxygen atoms in total. The first-order valence-electron chi connectivity index (χ1n) is 12.1. The van der Waals surface area contributed by atoms with Crippen LogP contribution in [-0.2, 0) is 11.1 Å². The predicted octanol–water partition coefficient (Wildman–Crippen LogP) is 3.29. The zero-order chi connectivity index (χ0) is 25.4. The number of carbonyl (C=O) groups is 1. The zero-order valence-electron chi connectivity index (χ0n) is 21.0. The molecule has 0 bridgehead atoms. The van der Waals surface area contributed by atoms with E-state index in [1.54, 1.807) is 24.0 Å². The third-order valence-electron chi connectivity index (χ3n) is 7.16. The topological polar surface area (TPSA) is 32.8 Å². The maximum Gasteiger partial charge on any atom is 1.00 e. The number of nitrogens with zero attached hydrogens (tertiary/aromatic N) is 2. The number of amides is 1. The molecule has 0 aromatic heterocycles. The number of thiol groups is 1. The number of piperazine rings is 1. The van der Waals surface area contributed by atoms with Crippen LogP contribution in [0.3, 0.4) is 0 Å². The van der Waals surface area contributed by atoms with Gasteiger partial charge in [0.2, 0.25) is 0 Å². The van der Waals surface area contributed by atoms with Crippen LogP contribution in [0.15, 0.2) is 65.6 Å². The van der Waals surface area contributed by atoms with Crippen molar-refractivity contribution in [1.82, 2.24) is 4.90 Å². The van der Waals surface area contributed by atoms with Crippen LogP contribution in [0.2, 0.25) is 0 Å². The minimum absolute atomic E-state index is 0. The Balaban J connectivity index is 0.00000320. The van der Waals surface area contributed by atoms with Gasteiger partial charge in [0.05, 0.1) is 0 Å². The predicted molar refractivity (Wildman–Crippen MR) is 140 cm³/mol. The van der Waals surface area contributed by atoms with Crippen LogP contribution in [0.5, 0.6) is 0 Å². The normalized spacial score (nSPS) is 15.2. The molecule has 1 fully saturated rings. The molecule has 0 saturated carbocycles. The van der Waals surface area contributed by atoms with Gasteiger partial charge in [-0.05, 0) is 46.9 Å². The van der Waals surface area contributed by atoms with Crippen molar-refractivity contribution >= 4 is 31.4 Å². The summed E-state index contributed by atoms with van der Waals surface area (Å²) in [4.78, 5) is 17.1. The van der Waals surface area contributed by atoms with Crippen LogP contribution in [0.4, 0.5) is 23.4 Å². The Morgan fingerprint density at radius 2 is 1.54 bits per heavy atom. The molecule has 188 valence electrons. The number of rotatable bonds is 5. The van der Waals surface area contributed by atoms with Gasteiger partial charge in [0, 0.05) is 42.7 Å². The van der Waals surface area contributed by atoms with Crippen LogP contribution in [0.25, 0.3) is 11.1 Å². The van der Waals surface area contributed by atoms with E-state index in [1.807, 2.05) is 29.2 Å². The van der Waals surface area contributed by atoms with Gasteiger partial charge in [-0.15, -0.1) is 12.6 Å².